The van der Waals surface area contributed by atoms with Gasteiger partial charge in [-0.2, -0.15) is 0 Å². The van der Waals surface area contributed by atoms with Gasteiger partial charge in [0.05, 0.1) is 12.6 Å². The zero-order chi connectivity index (χ0) is 14.3. The summed E-state index contributed by atoms with van der Waals surface area (Å²) < 4.78 is 5.55. The molecule has 0 radical (unpaired) electrons. The first-order valence-corrected chi connectivity index (χ1v) is 7.55. The van der Waals surface area contributed by atoms with E-state index in [4.69, 9.17) is 4.74 Å². The smallest absolute Gasteiger partial charge is 0.191 e. The van der Waals surface area contributed by atoms with E-state index in [9.17, 15) is 0 Å². The number of halogens is 1. The van der Waals surface area contributed by atoms with Crippen molar-refractivity contribution in [1.82, 2.24) is 10.6 Å². The van der Waals surface area contributed by atoms with Crippen molar-refractivity contribution in [2.75, 3.05) is 20.2 Å². The molecule has 120 valence electrons. The lowest BCUT2D eigenvalue weighted by Gasteiger charge is -2.28. The molecule has 1 atom stereocenters. The molecule has 0 aromatic heterocycles. The van der Waals surface area contributed by atoms with E-state index in [1.54, 1.807) is 7.11 Å². The number of guanidine groups is 1. The molecule has 0 aromatic carbocycles. The molecule has 1 saturated carbocycles. The lowest BCUT2D eigenvalue weighted by atomic mass is 9.89. The second kappa shape index (κ2) is 9.82. The number of rotatable bonds is 5. The minimum absolute atomic E-state index is 0. The van der Waals surface area contributed by atoms with Crippen molar-refractivity contribution >= 4 is 29.9 Å². The van der Waals surface area contributed by atoms with Crippen LogP contribution in [-0.2, 0) is 4.74 Å². The molecule has 0 spiro atoms. The summed E-state index contributed by atoms with van der Waals surface area (Å²) in [5.41, 5.74) is 0.114. The molecule has 2 N–H and O–H groups in total. The summed E-state index contributed by atoms with van der Waals surface area (Å²) in [6, 6.07) is 0.591. The third-order valence-electron chi connectivity index (χ3n) is 3.71. The highest BCUT2D eigenvalue weighted by atomic mass is 127. The van der Waals surface area contributed by atoms with Crippen molar-refractivity contribution in [2.24, 2.45) is 10.4 Å². The monoisotopic (exact) mass is 397 g/mol. The second-order valence-electron chi connectivity index (χ2n) is 6.44. The number of methoxy groups -OCH3 is 1. The maximum Gasteiger partial charge on any atom is 0.191 e. The highest BCUT2D eigenvalue weighted by Gasteiger charge is 2.24. The van der Waals surface area contributed by atoms with E-state index in [2.05, 4.69) is 43.3 Å². The number of ether oxygens (including phenoxy) is 1. The van der Waals surface area contributed by atoms with Gasteiger partial charge in [-0.1, -0.05) is 33.6 Å². The Morgan fingerprint density at radius 2 is 1.90 bits per heavy atom. The van der Waals surface area contributed by atoms with Crippen LogP contribution >= 0.6 is 24.0 Å². The molecule has 0 heterocycles. The summed E-state index contributed by atoms with van der Waals surface area (Å²) in [6.45, 7) is 10.3. The van der Waals surface area contributed by atoms with Gasteiger partial charge < -0.3 is 15.4 Å². The van der Waals surface area contributed by atoms with Crippen LogP contribution in [0.25, 0.3) is 0 Å². The Morgan fingerprint density at radius 3 is 2.35 bits per heavy atom. The van der Waals surface area contributed by atoms with Crippen LogP contribution in [0.5, 0.6) is 0 Å². The Balaban J connectivity index is 0.00000361. The lowest BCUT2D eigenvalue weighted by Crippen LogP contribution is -2.43. The van der Waals surface area contributed by atoms with Gasteiger partial charge >= 0.3 is 0 Å². The molecule has 0 aromatic rings. The molecule has 0 saturated heterocycles. The van der Waals surface area contributed by atoms with Crippen LogP contribution in [0.1, 0.15) is 53.4 Å². The molecule has 1 unspecified atom stereocenters. The van der Waals surface area contributed by atoms with Crippen molar-refractivity contribution in [1.29, 1.82) is 0 Å². The van der Waals surface area contributed by atoms with Crippen LogP contribution in [0.15, 0.2) is 4.99 Å². The van der Waals surface area contributed by atoms with E-state index >= 15 is 0 Å². The molecule has 4 nitrogen and oxygen atoms in total. The van der Waals surface area contributed by atoms with Crippen molar-refractivity contribution in [3.05, 3.63) is 0 Å². The van der Waals surface area contributed by atoms with E-state index in [-0.39, 0.29) is 35.5 Å². The van der Waals surface area contributed by atoms with Gasteiger partial charge in [0.2, 0.25) is 0 Å². The minimum Gasteiger partial charge on any atom is -0.379 e. The summed E-state index contributed by atoms with van der Waals surface area (Å²) in [6.07, 6.45) is 5.33. The molecule has 1 aliphatic carbocycles. The number of hydrogen-bond donors (Lipinski definition) is 2. The summed E-state index contributed by atoms with van der Waals surface area (Å²) in [4.78, 5) is 4.68. The number of nitrogens with zero attached hydrogens (tertiary/aromatic N) is 1. The molecule has 0 amide bonds. The minimum atomic E-state index is 0. The zero-order valence-electron chi connectivity index (χ0n) is 13.7. The van der Waals surface area contributed by atoms with Gasteiger partial charge in [-0.15, -0.1) is 24.0 Å². The average Bonchev–Trinajstić information content (AvgIpc) is 2.81. The lowest BCUT2D eigenvalue weighted by molar-refractivity contribution is 0.0241. The highest BCUT2D eigenvalue weighted by molar-refractivity contribution is 14.0. The molecule has 1 aliphatic rings. The largest absolute Gasteiger partial charge is 0.379 e. The first kappa shape index (κ1) is 20.0. The van der Waals surface area contributed by atoms with E-state index in [1.165, 1.54) is 25.7 Å². The van der Waals surface area contributed by atoms with Crippen LogP contribution in [0, 0.1) is 5.41 Å². The highest BCUT2D eigenvalue weighted by Crippen LogP contribution is 2.22. The topological polar surface area (TPSA) is 45.7 Å². The first-order chi connectivity index (χ1) is 8.97. The van der Waals surface area contributed by atoms with E-state index in [0.717, 1.165) is 12.5 Å². The van der Waals surface area contributed by atoms with E-state index in [1.807, 2.05) is 0 Å². The van der Waals surface area contributed by atoms with Gasteiger partial charge in [-0.25, -0.2) is 0 Å². The molecule has 20 heavy (non-hydrogen) atoms. The Kier molecular flexibility index (Phi) is 9.80. The van der Waals surface area contributed by atoms with Crippen molar-refractivity contribution in [3.63, 3.8) is 0 Å². The van der Waals surface area contributed by atoms with Crippen LogP contribution in [0.2, 0.25) is 0 Å². The van der Waals surface area contributed by atoms with Gasteiger partial charge in [0.25, 0.3) is 0 Å². The average molecular weight is 397 g/mol. The second-order valence-corrected chi connectivity index (χ2v) is 6.44. The first-order valence-electron chi connectivity index (χ1n) is 7.55. The fourth-order valence-corrected chi connectivity index (χ4v) is 2.46. The predicted molar refractivity (Wildman–Crippen MR) is 97.0 cm³/mol. The van der Waals surface area contributed by atoms with E-state index < -0.39 is 0 Å². The SMILES string of the molecule is CCNC(=NCC(OC)C(C)(C)C)NC1CCCC1.I. The van der Waals surface area contributed by atoms with Gasteiger partial charge in [0, 0.05) is 19.7 Å². The zero-order valence-corrected chi connectivity index (χ0v) is 16.0. The van der Waals surface area contributed by atoms with E-state index in [0.29, 0.717) is 12.6 Å². The Hall–Kier alpha value is -0.0400. The fourth-order valence-electron chi connectivity index (χ4n) is 2.46. The van der Waals surface area contributed by atoms with Crippen LogP contribution < -0.4 is 10.6 Å². The maximum atomic E-state index is 5.55. The number of nitrogens with one attached hydrogen (secondary N) is 2. The fraction of sp³-hybridized carbons (Fsp3) is 0.933. The summed E-state index contributed by atoms with van der Waals surface area (Å²) in [5.74, 6) is 0.931. The summed E-state index contributed by atoms with van der Waals surface area (Å²) in [5, 5.41) is 6.85. The normalized spacial score (nSPS) is 18.6. The summed E-state index contributed by atoms with van der Waals surface area (Å²) in [7, 11) is 1.77. The molecule has 0 bridgehead atoms. The van der Waals surface area contributed by atoms with Crippen molar-refractivity contribution in [3.8, 4) is 0 Å². The van der Waals surface area contributed by atoms with Crippen molar-refractivity contribution < 1.29 is 4.74 Å². The molecule has 1 rings (SSSR count). The van der Waals surface area contributed by atoms with Gasteiger partial charge in [-0.3, -0.25) is 4.99 Å². The molecular formula is C15H32IN3O. The summed E-state index contributed by atoms with van der Waals surface area (Å²) >= 11 is 0. The predicted octanol–water partition coefficient (Wildman–Crippen LogP) is 3.16. The Labute approximate surface area is 141 Å². The quantitative estimate of drug-likeness (QED) is 0.426. The number of aliphatic imine (C=N–C) groups is 1. The Bertz CT molecular complexity index is 283. The number of hydrogen-bond acceptors (Lipinski definition) is 2. The van der Waals surface area contributed by atoms with Gasteiger partial charge in [-0.05, 0) is 25.2 Å². The molecular weight excluding hydrogens is 365 g/mol. The third-order valence-corrected chi connectivity index (χ3v) is 3.71. The molecule has 5 heteroatoms. The molecule has 0 aliphatic heterocycles. The maximum absolute atomic E-state index is 5.55. The third kappa shape index (κ3) is 7.11. The van der Waals surface area contributed by atoms with Crippen LogP contribution in [0.3, 0.4) is 0 Å². The van der Waals surface area contributed by atoms with Gasteiger partial charge in [0.15, 0.2) is 5.96 Å². The standard InChI is InChI=1S/C15H31N3O.HI/c1-6-16-14(18-12-9-7-8-10-12)17-11-13(19-5)15(2,3)4;/h12-13H,6-11H2,1-5H3,(H2,16,17,18);1H. The Morgan fingerprint density at radius 1 is 1.30 bits per heavy atom. The van der Waals surface area contributed by atoms with Gasteiger partial charge in [0.1, 0.15) is 0 Å². The van der Waals surface area contributed by atoms with Crippen LogP contribution in [-0.4, -0.2) is 38.3 Å². The molecule has 1 fully saturated rings. The van der Waals surface area contributed by atoms with Crippen LogP contribution in [0.4, 0.5) is 0 Å². The van der Waals surface area contributed by atoms with Crippen molar-refractivity contribution in [2.45, 2.75) is 65.5 Å².